The highest BCUT2D eigenvalue weighted by Crippen LogP contribution is 2.27. The van der Waals surface area contributed by atoms with Gasteiger partial charge in [-0.15, -0.1) is 0 Å². The molecule has 0 aliphatic heterocycles. The summed E-state index contributed by atoms with van der Waals surface area (Å²) in [7, 11) is -0.605. The van der Waals surface area contributed by atoms with Crippen LogP contribution in [0.3, 0.4) is 0 Å². The summed E-state index contributed by atoms with van der Waals surface area (Å²) in [5.74, 6) is 0.981. The van der Waals surface area contributed by atoms with Crippen molar-refractivity contribution in [3.63, 3.8) is 0 Å². The first-order chi connectivity index (χ1) is 8.97. The fraction of sp³-hybridized carbons (Fsp3) is 0.500. The largest absolute Gasteiger partial charge is 0.495 e. The molecule has 19 heavy (non-hydrogen) atoms. The summed E-state index contributed by atoms with van der Waals surface area (Å²) in [5, 5.41) is 9.06. The lowest BCUT2D eigenvalue weighted by molar-refractivity contribution is 0.280. The number of methoxy groups -OCH3 is 1. The molecule has 0 unspecified atom stereocenters. The van der Waals surface area contributed by atoms with Crippen molar-refractivity contribution in [2.45, 2.75) is 11.5 Å². The summed E-state index contributed by atoms with van der Waals surface area (Å²) in [5.41, 5.74) is 0.613. The van der Waals surface area contributed by atoms with Gasteiger partial charge in [-0.2, -0.15) is 16.1 Å². The topological polar surface area (TPSA) is 66.8 Å². The molecule has 0 spiro atoms. The van der Waals surface area contributed by atoms with E-state index < -0.39 is 10.0 Å². The lowest BCUT2D eigenvalue weighted by atomic mass is 10.2. The first-order valence-electron chi connectivity index (χ1n) is 5.70. The number of rotatable bonds is 7. The van der Waals surface area contributed by atoms with Crippen molar-refractivity contribution < 1.29 is 18.3 Å². The van der Waals surface area contributed by atoms with Crippen molar-refractivity contribution in [3.05, 3.63) is 23.8 Å². The van der Waals surface area contributed by atoms with Crippen molar-refractivity contribution in [1.29, 1.82) is 0 Å². The number of benzene rings is 1. The molecule has 0 saturated heterocycles. The lowest BCUT2D eigenvalue weighted by Gasteiger charge is -2.18. The molecule has 0 aliphatic carbocycles. The van der Waals surface area contributed by atoms with E-state index in [1.165, 1.54) is 23.5 Å². The third-order valence-corrected chi connectivity index (χ3v) is 5.20. The minimum Gasteiger partial charge on any atom is -0.495 e. The summed E-state index contributed by atoms with van der Waals surface area (Å²) in [6.07, 6.45) is 1.93. The van der Waals surface area contributed by atoms with Crippen molar-refractivity contribution in [3.8, 4) is 5.75 Å². The highest BCUT2D eigenvalue weighted by atomic mass is 32.2. The molecule has 0 radical (unpaired) electrons. The molecule has 0 amide bonds. The van der Waals surface area contributed by atoms with E-state index in [-0.39, 0.29) is 17.3 Å². The van der Waals surface area contributed by atoms with Crippen LogP contribution in [0.25, 0.3) is 0 Å². The number of ether oxygens (including phenoxy) is 1. The van der Waals surface area contributed by atoms with Crippen LogP contribution in [0.4, 0.5) is 0 Å². The van der Waals surface area contributed by atoms with E-state index in [1.54, 1.807) is 24.9 Å². The number of nitrogens with zero attached hydrogens (tertiary/aromatic N) is 1. The van der Waals surface area contributed by atoms with E-state index in [2.05, 4.69) is 0 Å². The predicted molar refractivity (Wildman–Crippen MR) is 77.1 cm³/mol. The zero-order chi connectivity index (χ0) is 14.5. The average molecular weight is 305 g/mol. The van der Waals surface area contributed by atoms with Crippen LogP contribution in [0.5, 0.6) is 5.75 Å². The smallest absolute Gasteiger partial charge is 0.246 e. The summed E-state index contributed by atoms with van der Waals surface area (Å²) in [6, 6.07) is 4.59. The number of aliphatic hydroxyl groups excluding tert-OH is 1. The third-order valence-electron chi connectivity index (χ3n) is 2.71. The zero-order valence-electron chi connectivity index (χ0n) is 11.3. The number of hydrogen-bond acceptors (Lipinski definition) is 5. The molecule has 1 rings (SSSR count). The molecule has 1 aromatic rings. The van der Waals surface area contributed by atoms with Crippen LogP contribution < -0.4 is 4.74 Å². The molecule has 7 heteroatoms. The fourth-order valence-corrected chi connectivity index (χ4v) is 3.41. The second kappa shape index (κ2) is 7.14. The molecule has 108 valence electrons. The quantitative estimate of drug-likeness (QED) is 0.819. The first kappa shape index (κ1) is 16.3. The van der Waals surface area contributed by atoms with Crippen molar-refractivity contribution in [2.75, 3.05) is 32.7 Å². The molecular weight excluding hydrogens is 286 g/mol. The Bertz CT molecular complexity index is 516. The highest BCUT2D eigenvalue weighted by Gasteiger charge is 2.24. The molecule has 1 N–H and O–H groups in total. The molecule has 5 nitrogen and oxygen atoms in total. The predicted octanol–water partition coefficient (Wildman–Crippen LogP) is 1.17. The van der Waals surface area contributed by atoms with Crippen LogP contribution in [-0.2, 0) is 16.6 Å². The Balaban J connectivity index is 3.13. The van der Waals surface area contributed by atoms with Gasteiger partial charge in [-0.1, -0.05) is 6.07 Å². The van der Waals surface area contributed by atoms with Gasteiger partial charge in [0.1, 0.15) is 10.6 Å². The molecular formula is C12H19NO4S2. The van der Waals surface area contributed by atoms with Crippen LogP contribution in [-0.4, -0.2) is 50.5 Å². The fourth-order valence-electron chi connectivity index (χ4n) is 1.53. The summed E-state index contributed by atoms with van der Waals surface area (Å²) in [4.78, 5) is 0.121. The molecule has 1 aromatic carbocycles. The van der Waals surface area contributed by atoms with Gasteiger partial charge in [0, 0.05) is 19.3 Å². The van der Waals surface area contributed by atoms with Gasteiger partial charge in [-0.3, -0.25) is 0 Å². The Morgan fingerprint density at radius 2 is 2.11 bits per heavy atom. The van der Waals surface area contributed by atoms with E-state index in [9.17, 15) is 8.42 Å². The Hall–Kier alpha value is -0.760. The summed E-state index contributed by atoms with van der Waals surface area (Å²) in [6.45, 7) is 0.285. The van der Waals surface area contributed by atoms with E-state index in [4.69, 9.17) is 9.84 Å². The Morgan fingerprint density at radius 3 is 2.63 bits per heavy atom. The normalized spacial score (nSPS) is 11.8. The maximum atomic E-state index is 12.4. The number of hydrogen-bond donors (Lipinski definition) is 1. The molecule has 0 heterocycles. The van der Waals surface area contributed by atoms with Crippen molar-refractivity contribution in [1.82, 2.24) is 4.31 Å². The van der Waals surface area contributed by atoms with Crippen LogP contribution >= 0.6 is 11.8 Å². The monoisotopic (exact) mass is 305 g/mol. The minimum atomic E-state index is -3.57. The van der Waals surface area contributed by atoms with Gasteiger partial charge in [0.25, 0.3) is 0 Å². The van der Waals surface area contributed by atoms with Gasteiger partial charge in [0.2, 0.25) is 10.0 Å². The molecule has 0 aliphatic rings. The van der Waals surface area contributed by atoms with E-state index in [0.29, 0.717) is 12.1 Å². The van der Waals surface area contributed by atoms with E-state index in [0.717, 1.165) is 5.75 Å². The van der Waals surface area contributed by atoms with Gasteiger partial charge >= 0.3 is 0 Å². The second-order valence-electron chi connectivity index (χ2n) is 3.96. The Labute approximate surface area is 118 Å². The Morgan fingerprint density at radius 1 is 1.42 bits per heavy atom. The highest BCUT2D eigenvalue weighted by molar-refractivity contribution is 7.98. The number of sulfonamides is 1. The molecule has 0 saturated carbocycles. The second-order valence-corrected chi connectivity index (χ2v) is 6.96. The lowest BCUT2D eigenvalue weighted by Crippen LogP contribution is -2.29. The maximum Gasteiger partial charge on any atom is 0.246 e. The van der Waals surface area contributed by atoms with Gasteiger partial charge in [0.15, 0.2) is 0 Å². The first-order valence-corrected chi connectivity index (χ1v) is 8.53. The van der Waals surface area contributed by atoms with Crippen LogP contribution in [0.15, 0.2) is 23.1 Å². The summed E-state index contributed by atoms with van der Waals surface area (Å²) >= 11 is 1.59. The zero-order valence-corrected chi connectivity index (χ0v) is 12.9. The van der Waals surface area contributed by atoms with Crippen molar-refractivity contribution >= 4 is 21.8 Å². The standard InChI is InChI=1S/C12H19NO4S2/c1-13(6-7-18-3)19(15,16)12-5-4-10(9-14)8-11(12)17-2/h4-5,8,14H,6-7,9H2,1-3H3. The van der Waals surface area contributed by atoms with Crippen LogP contribution in [0.1, 0.15) is 5.56 Å². The Kier molecular flexibility index (Phi) is 6.12. The molecule has 0 aromatic heterocycles. The summed E-state index contributed by atoms with van der Waals surface area (Å²) < 4.78 is 31.2. The van der Waals surface area contributed by atoms with Crippen LogP contribution in [0.2, 0.25) is 0 Å². The minimum absolute atomic E-state index is 0.121. The SMILES string of the molecule is COc1cc(CO)ccc1S(=O)(=O)N(C)CCSC. The van der Waals surface area contributed by atoms with E-state index >= 15 is 0 Å². The van der Waals surface area contributed by atoms with E-state index in [1.807, 2.05) is 6.26 Å². The van der Waals surface area contributed by atoms with Gasteiger partial charge in [-0.25, -0.2) is 8.42 Å². The number of aliphatic hydroxyl groups is 1. The van der Waals surface area contributed by atoms with Crippen LogP contribution in [0, 0.1) is 0 Å². The molecule has 0 atom stereocenters. The molecule has 0 fully saturated rings. The number of thioether (sulfide) groups is 1. The van der Waals surface area contributed by atoms with Gasteiger partial charge in [-0.05, 0) is 24.0 Å². The average Bonchev–Trinajstić information content (AvgIpc) is 2.43. The maximum absolute atomic E-state index is 12.4. The molecule has 0 bridgehead atoms. The van der Waals surface area contributed by atoms with Gasteiger partial charge < -0.3 is 9.84 Å². The van der Waals surface area contributed by atoms with Gasteiger partial charge in [0.05, 0.1) is 13.7 Å². The van der Waals surface area contributed by atoms with Crippen molar-refractivity contribution in [2.24, 2.45) is 0 Å². The third kappa shape index (κ3) is 3.85.